The highest BCUT2D eigenvalue weighted by Crippen LogP contribution is 2.33. The zero-order valence-corrected chi connectivity index (χ0v) is 22.2. The van der Waals surface area contributed by atoms with Crippen LogP contribution in [-0.2, 0) is 16.0 Å². The monoisotopic (exact) mass is 525 g/mol. The molecule has 0 radical (unpaired) electrons. The van der Waals surface area contributed by atoms with Crippen molar-refractivity contribution in [1.82, 2.24) is 15.1 Å². The molecule has 0 bridgehead atoms. The minimum absolute atomic E-state index is 0.0818. The second kappa shape index (κ2) is 13.4. The van der Waals surface area contributed by atoms with Gasteiger partial charge in [-0.25, -0.2) is 30.6 Å². The first-order valence-corrected chi connectivity index (χ1v) is 12.4. The molecule has 1 aliphatic carbocycles. The maximum atomic E-state index is 13.9. The number of carbonyl (C=O) groups is 1. The van der Waals surface area contributed by atoms with Crippen molar-refractivity contribution in [3.63, 3.8) is 0 Å². The molecule has 3 rings (SSSR count). The Hall–Kier alpha value is -3.19. The number of hydrazine groups is 2. The van der Waals surface area contributed by atoms with E-state index in [-0.39, 0.29) is 25.5 Å². The molecule has 0 atom stereocenters. The number of pyridine rings is 1. The zero-order chi connectivity index (χ0) is 27.8. The van der Waals surface area contributed by atoms with Gasteiger partial charge in [-0.05, 0) is 43.7 Å². The Kier molecular flexibility index (Phi) is 10.9. The maximum absolute atomic E-state index is 13.9. The van der Waals surface area contributed by atoms with E-state index in [0.717, 1.165) is 6.42 Å². The number of aromatic nitrogens is 1. The van der Waals surface area contributed by atoms with Crippen LogP contribution in [-0.4, -0.2) is 66.6 Å². The van der Waals surface area contributed by atoms with Crippen LogP contribution < -0.4 is 28.1 Å². The molecular formula is C24H41F2N9O2. The Morgan fingerprint density at radius 2 is 1.95 bits per heavy atom. The van der Waals surface area contributed by atoms with Crippen LogP contribution in [0.5, 0.6) is 0 Å². The molecule has 0 amide bonds. The van der Waals surface area contributed by atoms with E-state index in [9.17, 15) is 13.6 Å². The third kappa shape index (κ3) is 9.65. The SMILES string of the molecule is CCc1nc(/C(N)=C(\CN(N)/N=C(\N)CC2CC2)N(C)N)ccc1N1CCCC(F)(F)C1.COC(C)=O. The molecule has 2 aliphatic rings. The van der Waals surface area contributed by atoms with Crippen molar-refractivity contribution in [2.75, 3.05) is 38.7 Å². The second-order valence-electron chi connectivity index (χ2n) is 9.40. The van der Waals surface area contributed by atoms with Crippen LogP contribution >= 0.6 is 0 Å². The molecule has 2 heterocycles. The van der Waals surface area contributed by atoms with E-state index in [2.05, 4.69) is 14.8 Å². The number of esters is 1. The number of hydrogen-bond acceptors (Lipinski definition) is 10. The number of nitrogens with zero attached hydrogens (tertiary/aromatic N) is 5. The number of methoxy groups -OCH3 is 1. The number of piperidine rings is 1. The van der Waals surface area contributed by atoms with Gasteiger partial charge in [0.05, 0.1) is 48.7 Å². The lowest BCUT2D eigenvalue weighted by Crippen LogP contribution is -2.43. The number of amidine groups is 1. The largest absolute Gasteiger partial charge is 0.469 e. The van der Waals surface area contributed by atoms with Gasteiger partial charge in [0.15, 0.2) is 0 Å². The van der Waals surface area contributed by atoms with Crippen molar-refractivity contribution in [2.45, 2.75) is 58.3 Å². The van der Waals surface area contributed by atoms with Gasteiger partial charge in [0.25, 0.3) is 5.92 Å². The normalized spacial score (nSPS) is 17.8. The van der Waals surface area contributed by atoms with Gasteiger partial charge in [-0.3, -0.25) is 4.79 Å². The quantitative estimate of drug-likeness (QED) is 0.123. The van der Waals surface area contributed by atoms with E-state index < -0.39 is 5.92 Å². The first-order chi connectivity index (χ1) is 17.4. The molecule has 2 fully saturated rings. The number of likely N-dealkylation sites (N-methyl/N-ethyl adjacent to an activating group) is 1. The predicted molar refractivity (Wildman–Crippen MR) is 141 cm³/mol. The van der Waals surface area contributed by atoms with Gasteiger partial charge in [-0.15, -0.1) is 5.10 Å². The lowest BCUT2D eigenvalue weighted by Gasteiger charge is -2.35. The van der Waals surface area contributed by atoms with Crippen LogP contribution in [0.15, 0.2) is 22.9 Å². The zero-order valence-electron chi connectivity index (χ0n) is 22.2. The Bertz CT molecular complexity index is 981. The first kappa shape index (κ1) is 30.0. The number of alkyl halides is 2. The summed E-state index contributed by atoms with van der Waals surface area (Å²) in [5.74, 6) is 10.2. The van der Waals surface area contributed by atoms with Crippen molar-refractivity contribution < 1.29 is 18.3 Å². The molecule has 1 aromatic heterocycles. The fourth-order valence-electron chi connectivity index (χ4n) is 3.91. The van der Waals surface area contributed by atoms with Crippen LogP contribution in [0.4, 0.5) is 14.5 Å². The van der Waals surface area contributed by atoms with Crippen molar-refractivity contribution in [1.29, 1.82) is 0 Å². The highest BCUT2D eigenvalue weighted by molar-refractivity contribution is 5.80. The molecule has 208 valence electrons. The second-order valence-corrected chi connectivity index (χ2v) is 9.40. The number of hydrogen-bond donors (Lipinski definition) is 4. The van der Waals surface area contributed by atoms with Crippen LogP contribution in [0.2, 0.25) is 0 Å². The number of anilines is 1. The standard InChI is InChI=1S/C21H35F2N9.C3H6O2/c1-3-15-17(31-10-4-9-21(22,23)13-31)8-7-16(28-15)20(25)18(30(2)26)12-32(27)29-19(24)11-14-5-6-14;1-3(4)5-2/h7-8,14H,3-6,9-13,25-27H2,1-2H3,(H2,24,29);1-2H3/b20-18-;. The Labute approximate surface area is 217 Å². The summed E-state index contributed by atoms with van der Waals surface area (Å²) in [4.78, 5) is 16.0. The van der Waals surface area contributed by atoms with Gasteiger partial charge in [0.1, 0.15) is 5.84 Å². The summed E-state index contributed by atoms with van der Waals surface area (Å²) in [6, 6.07) is 3.53. The van der Waals surface area contributed by atoms with Gasteiger partial charge in [0.2, 0.25) is 0 Å². The van der Waals surface area contributed by atoms with Crippen LogP contribution in [0.25, 0.3) is 5.70 Å². The van der Waals surface area contributed by atoms with Gasteiger partial charge < -0.3 is 26.1 Å². The van der Waals surface area contributed by atoms with Crippen LogP contribution in [0, 0.1) is 5.92 Å². The smallest absolute Gasteiger partial charge is 0.302 e. The summed E-state index contributed by atoms with van der Waals surface area (Å²) in [6.45, 7) is 3.71. The highest BCUT2D eigenvalue weighted by atomic mass is 19.3. The first-order valence-electron chi connectivity index (χ1n) is 12.4. The van der Waals surface area contributed by atoms with E-state index in [1.165, 1.54) is 37.0 Å². The van der Waals surface area contributed by atoms with E-state index >= 15 is 0 Å². The minimum Gasteiger partial charge on any atom is -0.469 e. The predicted octanol–water partition coefficient (Wildman–Crippen LogP) is 1.74. The van der Waals surface area contributed by atoms with Crippen molar-refractivity contribution in [2.24, 2.45) is 34.2 Å². The molecule has 1 aliphatic heterocycles. The van der Waals surface area contributed by atoms with Crippen molar-refractivity contribution in [3.8, 4) is 0 Å². The fourth-order valence-corrected chi connectivity index (χ4v) is 3.91. The lowest BCUT2D eigenvalue weighted by atomic mass is 10.1. The van der Waals surface area contributed by atoms with E-state index in [1.54, 1.807) is 24.1 Å². The minimum atomic E-state index is -2.69. The Morgan fingerprint density at radius 3 is 2.46 bits per heavy atom. The molecular weight excluding hydrogens is 484 g/mol. The van der Waals surface area contributed by atoms with Gasteiger partial charge in [-0.1, -0.05) is 6.92 Å². The summed E-state index contributed by atoms with van der Waals surface area (Å²) in [5, 5.41) is 6.80. The number of hydrazone groups is 1. The summed E-state index contributed by atoms with van der Waals surface area (Å²) < 4.78 is 31.9. The molecule has 11 nitrogen and oxygen atoms in total. The molecule has 1 aromatic rings. The molecule has 37 heavy (non-hydrogen) atoms. The molecule has 0 unspecified atom stereocenters. The average Bonchev–Trinajstić information content (AvgIpc) is 3.64. The molecule has 8 N–H and O–H groups in total. The molecule has 13 heteroatoms. The number of ether oxygens (including phenoxy) is 1. The van der Waals surface area contributed by atoms with Gasteiger partial charge >= 0.3 is 5.97 Å². The average molecular weight is 526 g/mol. The Balaban J connectivity index is 0.000000877. The van der Waals surface area contributed by atoms with E-state index in [4.69, 9.17) is 23.2 Å². The molecule has 0 aromatic carbocycles. The summed E-state index contributed by atoms with van der Waals surface area (Å²) in [7, 11) is 3.00. The van der Waals surface area contributed by atoms with Crippen molar-refractivity contribution >= 4 is 23.2 Å². The molecule has 0 spiro atoms. The summed E-state index contributed by atoms with van der Waals surface area (Å²) in [6.07, 6.45) is 4.00. The van der Waals surface area contributed by atoms with Crippen LogP contribution in [0.1, 0.15) is 57.3 Å². The lowest BCUT2D eigenvalue weighted by molar-refractivity contribution is -0.137. The number of halogens is 2. The number of aryl methyl sites for hydroxylation is 1. The fraction of sp³-hybridized carbons (Fsp3) is 0.625. The number of rotatable bonds is 9. The summed E-state index contributed by atoms with van der Waals surface area (Å²) >= 11 is 0. The number of carbonyl (C=O) groups excluding carboxylic acids is 1. The maximum Gasteiger partial charge on any atom is 0.302 e. The van der Waals surface area contributed by atoms with Gasteiger partial charge in [0, 0.05) is 33.4 Å². The summed E-state index contributed by atoms with van der Waals surface area (Å²) in [5.41, 5.74) is 15.1. The topological polar surface area (TPSA) is 165 Å². The Morgan fingerprint density at radius 1 is 1.30 bits per heavy atom. The van der Waals surface area contributed by atoms with Crippen LogP contribution in [0.3, 0.4) is 0 Å². The third-order valence-electron chi connectivity index (χ3n) is 6.08. The molecule has 1 saturated carbocycles. The van der Waals surface area contributed by atoms with E-state index in [0.29, 0.717) is 59.6 Å². The van der Waals surface area contributed by atoms with Gasteiger partial charge in [-0.2, -0.15) is 0 Å². The van der Waals surface area contributed by atoms with E-state index in [1.807, 2.05) is 6.92 Å². The van der Waals surface area contributed by atoms with Crippen molar-refractivity contribution in [3.05, 3.63) is 29.2 Å². The molecule has 1 saturated heterocycles. The number of nitrogens with two attached hydrogens (primary N) is 4. The highest BCUT2D eigenvalue weighted by Gasteiger charge is 2.36. The third-order valence-corrected chi connectivity index (χ3v) is 6.08.